The summed E-state index contributed by atoms with van der Waals surface area (Å²) in [4.78, 5) is 23.5. The van der Waals surface area contributed by atoms with Crippen LogP contribution in [0.5, 0.6) is 0 Å². The van der Waals surface area contributed by atoms with Gasteiger partial charge >= 0.3 is 12.2 Å². The number of amides is 2. The average molecular weight is 347 g/mol. The maximum absolute atomic E-state index is 12.0. The van der Waals surface area contributed by atoms with Crippen LogP contribution in [0.25, 0.3) is 0 Å². The summed E-state index contributed by atoms with van der Waals surface area (Å²) in [6, 6.07) is 0. The number of hydrogen-bond donors (Lipinski definition) is 0. The summed E-state index contributed by atoms with van der Waals surface area (Å²) in [5.74, 6) is 0. The van der Waals surface area contributed by atoms with Gasteiger partial charge in [0.1, 0.15) is 0 Å². The summed E-state index contributed by atoms with van der Waals surface area (Å²) in [5, 5.41) is 6.70. The van der Waals surface area contributed by atoms with E-state index in [4.69, 9.17) is 8.85 Å². The number of carbonyl (C=O) groups excluding carboxylic acids is 2. The molecule has 8 heteroatoms. The van der Waals surface area contributed by atoms with Gasteiger partial charge in [-0.05, 0) is 36.3 Å². The second-order valence-corrected chi connectivity index (χ2v) is 17.2. The van der Waals surface area contributed by atoms with Gasteiger partial charge in [-0.3, -0.25) is 0 Å². The molecule has 0 bridgehead atoms. The molecule has 0 rings (SSSR count). The minimum absolute atomic E-state index is 0.251. The lowest BCUT2D eigenvalue weighted by atomic mass is 10.5. The second-order valence-electron chi connectivity index (χ2n) is 7.37. The zero-order chi connectivity index (χ0) is 17.7. The van der Waals surface area contributed by atoms with Crippen LogP contribution in [-0.2, 0) is 8.85 Å². The van der Waals surface area contributed by atoms with Gasteiger partial charge in [-0.15, -0.1) is 0 Å². The Morgan fingerprint density at radius 2 is 1.05 bits per heavy atom. The van der Waals surface area contributed by atoms with Crippen LogP contribution < -0.4 is 0 Å². The minimum atomic E-state index is -2.36. The fraction of sp³-hybridized carbons (Fsp3) is 0.857. The van der Waals surface area contributed by atoms with Gasteiger partial charge in [-0.25, -0.2) is 9.59 Å². The van der Waals surface area contributed by atoms with Crippen molar-refractivity contribution >= 4 is 28.8 Å². The molecule has 0 heterocycles. The molecule has 0 saturated carbocycles. The van der Waals surface area contributed by atoms with Gasteiger partial charge in [0.15, 0.2) is 0 Å². The van der Waals surface area contributed by atoms with Crippen LogP contribution in [0.3, 0.4) is 0 Å². The molecule has 0 N–H and O–H groups in total. The van der Waals surface area contributed by atoms with Crippen molar-refractivity contribution in [1.82, 2.24) is 0 Å². The first-order valence-electron chi connectivity index (χ1n) is 7.70. The van der Waals surface area contributed by atoms with Crippen LogP contribution in [0.4, 0.5) is 9.59 Å². The van der Waals surface area contributed by atoms with Crippen molar-refractivity contribution in [1.29, 1.82) is 0 Å². The van der Waals surface area contributed by atoms with Gasteiger partial charge in [0, 0.05) is 0 Å². The van der Waals surface area contributed by atoms with Gasteiger partial charge in [0.2, 0.25) is 8.32 Å². The van der Waals surface area contributed by atoms with Gasteiger partial charge in [-0.2, -0.15) is 0 Å². The highest BCUT2D eigenvalue weighted by Gasteiger charge is 2.48. The van der Waals surface area contributed by atoms with E-state index >= 15 is 0 Å². The molecule has 0 radical (unpaired) electrons. The Balaban J connectivity index is 5.04. The van der Waals surface area contributed by atoms with Crippen molar-refractivity contribution in [3.8, 4) is 0 Å². The standard InChI is InChI=1S/C14H30N2O4Si2/c1-10(2)22(11(3)4,12(5)6)20-14(18)16-15-13(17)19-21(7,8)9/h10-12H,1-9H3/b16-15+. The van der Waals surface area contributed by atoms with Crippen molar-refractivity contribution in [3.05, 3.63) is 0 Å². The van der Waals surface area contributed by atoms with E-state index in [1.54, 1.807) is 0 Å². The summed E-state index contributed by atoms with van der Waals surface area (Å²) in [6.07, 6.45) is -1.63. The molecule has 0 saturated heterocycles. The molecule has 0 aromatic rings. The maximum Gasteiger partial charge on any atom is 0.439 e. The predicted octanol–water partition coefficient (Wildman–Crippen LogP) is 5.72. The fourth-order valence-corrected chi connectivity index (χ4v) is 8.50. The van der Waals surface area contributed by atoms with Crippen molar-refractivity contribution in [2.75, 3.05) is 0 Å². The first-order valence-corrected chi connectivity index (χ1v) is 13.3. The van der Waals surface area contributed by atoms with E-state index in [0.717, 1.165) is 0 Å². The highest BCUT2D eigenvalue weighted by atomic mass is 28.4. The highest BCUT2D eigenvalue weighted by Crippen LogP contribution is 2.42. The normalized spacial score (nSPS) is 13.3. The Kier molecular flexibility index (Phi) is 7.63. The van der Waals surface area contributed by atoms with Crippen LogP contribution in [-0.4, -0.2) is 28.8 Å². The summed E-state index contributed by atoms with van der Waals surface area (Å²) in [7, 11) is -4.40. The molecule has 0 aliphatic carbocycles. The summed E-state index contributed by atoms with van der Waals surface area (Å²) in [5.41, 5.74) is 0.752. The molecule has 6 nitrogen and oxygen atoms in total. The van der Waals surface area contributed by atoms with E-state index in [1.807, 2.05) is 19.6 Å². The SMILES string of the molecule is CC(C)[Si](OC(=O)/N=N/C(=O)O[Si](C)(C)C)(C(C)C)C(C)C. The topological polar surface area (TPSA) is 77.3 Å². The Labute approximate surface area is 135 Å². The summed E-state index contributed by atoms with van der Waals surface area (Å²) >= 11 is 0. The van der Waals surface area contributed by atoms with E-state index in [2.05, 4.69) is 51.8 Å². The Bertz CT molecular complexity index is 407. The predicted molar refractivity (Wildman–Crippen MR) is 92.2 cm³/mol. The molecule has 0 aliphatic rings. The fourth-order valence-electron chi connectivity index (χ4n) is 2.89. The quantitative estimate of drug-likeness (QED) is 0.471. The molecule has 0 unspecified atom stereocenters. The zero-order valence-corrected chi connectivity index (χ0v) is 17.3. The van der Waals surface area contributed by atoms with Crippen molar-refractivity contribution < 1.29 is 18.4 Å². The molecule has 0 aromatic carbocycles. The lowest BCUT2D eigenvalue weighted by molar-refractivity contribution is 0.195. The monoisotopic (exact) mass is 346 g/mol. The largest absolute Gasteiger partial charge is 0.502 e. The third kappa shape index (κ3) is 6.00. The third-order valence-electron chi connectivity index (χ3n) is 3.58. The first-order chi connectivity index (χ1) is 9.82. The van der Waals surface area contributed by atoms with E-state index < -0.39 is 28.8 Å². The van der Waals surface area contributed by atoms with Crippen molar-refractivity contribution in [2.24, 2.45) is 10.2 Å². The third-order valence-corrected chi connectivity index (χ3v) is 10.3. The minimum Gasteiger partial charge on any atom is -0.502 e. The highest BCUT2D eigenvalue weighted by molar-refractivity contribution is 6.78. The van der Waals surface area contributed by atoms with E-state index in [0.29, 0.717) is 0 Å². The molecule has 0 spiro atoms. The molecule has 0 aromatic heterocycles. The molecule has 0 atom stereocenters. The number of hydrogen-bond acceptors (Lipinski definition) is 4. The average Bonchev–Trinajstić information content (AvgIpc) is 2.29. The van der Waals surface area contributed by atoms with Crippen LogP contribution >= 0.6 is 0 Å². The van der Waals surface area contributed by atoms with E-state index in [1.165, 1.54) is 0 Å². The Morgan fingerprint density at radius 3 is 1.32 bits per heavy atom. The number of nitrogens with zero attached hydrogens (tertiary/aromatic N) is 2. The number of rotatable bonds is 5. The van der Waals surface area contributed by atoms with Gasteiger partial charge in [-0.1, -0.05) is 51.8 Å². The summed E-state index contributed by atoms with van der Waals surface area (Å²) < 4.78 is 10.8. The number of carbonyl (C=O) groups is 2. The van der Waals surface area contributed by atoms with Crippen LogP contribution in [0.2, 0.25) is 36.3 Å². The second kappa shape index (κ2) is 8.00. The maximum atomic E-state index is 12.0. The van der Waals surface area contributed by atoms with Crippen LogP contribution in [0.1, 0.15) is 41.5 Å². The lowest BCUT2D eigenvalue weighted by Crippen LogP contribution is -2.48. The van der Waals surface area contributed by atoms with Crippen LogP contribution in [0, 0.1) is 0 Å². The smallest absolute Gasteiger partial charge is 0.439 e. The van der Waals surface area contributed by atoms with Gasteiger partial charge in [0.25, 0.3) is 8.32 Å². The lowest BCUT2D eigenvalue weighted by Gasteiger charge is -2.40. The van der Waals surface area contributed by atoms with Gasteiger partial charge < -0.3 is 8.85 Å². The zero-order valence-electron chi connectivity index (χ0n) is 15.3. The summed E-state index contributed by atoms with van der Waals surface area (Å²) in [6.45, 7) is 18.0. The Morgan fingerprint density at radius 1 is 0.727 bits per heavy atom. The van der Waals surface area contributed by atoms with Crippen molar-refractivity contribution in [3.63, 3.8) is 0 Å². The van der Waals surface area contributed by atoms with E-state index in [-0.39, 0.29) is 16.6 Å². The van der Waals surface area contributed by atoms with Gasteiger partial charge in [0.05, 0.1) is 0 Å². The molecular formula is C14H30N2O4Si2. The molecule has 0 fully saturated rings. The first kappa shape index (κ1) is 21.0. The molecule has 22 heavy (non-hydrogen) atoms. The number of azo groups is 1. The molecule has 0 aliphatic heterocycles. The molecular weight excluding hydrogens is 316 g/mol. The molecule has 2 amide bonds. The van der Waals surface area contributed by atoms with Crippen LogP contribution in [0.15, 0.2) is 10.2 Å². The van der Waals surface area contributed by atoms with E-state index in [9.17, 15) is 9.59 Å². The Hall–Kier alpha value is -1.03. The van der Waals surface area contributed by atoms with Crippen molar-refractivity contribution in [2.45, 2.75) is 77.8 Å². The molecule has 128 valence electrons.